The van der Waals surface area contributed by atoms with Gasteiger partial charge in [0.25, 0.3) is 0 Å². The fourth-order valence-electron chi connectivity index (χ4n) is 3.10. The zero-order valence-electron chi connectivity index (χ0n) is 11.8. The van der Waals surface area contributed by atoms with Crippen molar-refractivity contribution in [2.24, 2.45) is 0 Å². The summed E-state index contributed by atoms with van der Waals surface area (Å²) >= 11 is 0. The number of para-hydroxylation sites is 1. The number of nitrogens with zero attached hydrogens (tertiary/aromatic N) is 1. The maximum atomic E-state index is 12.1. The van der Waals surface area contributed by atoms with E-state index in [1.807, 2.05) is 30.3 Å². The molecule has 1 N–H and O–H groups in total. The zero-order valence-corrected chi connectivity index (χ0v) is 12.6. The second kappa shape index (κ2) is 5.73. The van der Waals surface area contributed by atoms with Gasteiger partial charge in [0, 0.05) is 18.0 Å². The van der Waals surface area contributed by atoms with Gasteiger partial charge in [0.1, 0.15) is 0 Å². The summed E-state index contributed by atoms with van der Waals surface area (Å²) in [5, 5.41) is 10.8. The summed E-state index contributed by atoms with van der Waals surface area (Å²) in [5.41, 5.74) is 1.82. The van der Waals surface area contributed by atoms with Crippen LogP contribution in [0.25, 0.3) is 10.9 Å². The molecule has 2 atom stereocenters. The molecule has 2 unspecified atom stereocenters. The fourth-order valence-corrected chi connectivity index (χ4v) is 5.11. The molecule has 0 amide bonds. The first kappa shape index (κ1) is 14.5. The van der Waals surface area contributed by atoms with Gasteiger partial charge in [-0.15, -0.1) is 0 Å². The van der Waals surface area contributed by atoms with E-state index in [1.165, 1.54) is 0 Å². The van der Waals surface area contributed by atoms with Crippen LogP contribution in [0.5, 0.6) is 0 Å². The smallest absolute Gasteiger partial charge is 0.155 e. The Hall–Kier alpha value is -1.46. The number of benzene rings is 1. The maximum Gasteiger partial charge on any atom is 0.155 e. The lowest BCUT2D eigenvalue weighted by Gasteiger charge is -2.27. The van der Waals surface area contributed by atoms with Gasteiger partial charge in [0.05, 0.1) is 22.6 Å². The lowest BCUT2D eigenvalue weighted by atomic mass is 9.99. The molecule has 1 aliphatic heterocycles. The monoisotopic (exact) mass is 305 g/mol. The van der Waals surface area contributed by atoms with Gasteiger partial charge in [-0.1, -0.05) is 24.6 Å². The Morgan fingerprint density at radius 3 is 2.86 bits per heavy atom. The van der Waals surface area contributed by atoms with Crippen LogP contribution in [0.2, 0.25) is 0 Å². The fraction of sp³-hybridized carbons (Fsp3) is 0.438. The van der Waals surface area contributed by atoms with Crippen LogP contribution in [0, 0.1) is 0 Å². The number of sulfone groups is 1. The second-order valence-corrected chi connectivity index (χ2v) is 8.00. The number of aromatic nitrogens is 1. The van der Waals surface area contributed by atoms with E-state index in [4.69, 9.17) is 0 Å². The molecule has 1 saturated heterocycles. The molecule has 0 spiro atoms. The summed E-state index contributed by atoms with van der Waals surface area (Å²) in [7, 11) is -3.16. The van der Waals surface area contributed by atoms with Crippen molar-refractivity contribution in [3.63, 3.8) is 0 Å². The van der Waals surface area contributed by atoms with Gasteiger partial charge in [0.15, 0.2) is 9.84 Å². The predicted molar refractivity (Wildman–Crippen MR) is 82.9 cm³/mol. The molecule has 1 fully saturated rings. The van der Waals surface area contributed by atoms with Crippen LogP contribution < -0.4 is 0 Å². The Morgan fingerprint density at radius 2 is 2.05 bits per heavy atom. The highest BCUT2D eigenvalue weighted by molar-refractivity contribution is 7.92. The SMILES string of the molecule is O=S1(=O)CCCCC1C(O)Cc1ccnc2ccccc12. The molecule has 3 rings (SSSR count). The Bertz CT molecular complexity index is 737. The Balaban J connectivity index is 1.88. The predicted octanol–water partition coefficient (Wildman–Crippen LogP) is 2.11. The number of aliphatic hydroxyl groups is 1. The summed E-state index contributed by atoms with van der Waals surface area (Å²) in [6, 6.07) is 9.59. The summed E-state index contributed by atoms with van der Waals surface area (Å²) in [6.07, 6.45) is 3.36. The summed E-state index contributed by atoms with van der Waals surface area (Å²) in [4.78, 5) is 4.29. The van der Waals surface area contributed by atoms with Crippen molar-refractivity contribution in [3.8, 4) is 0 Å². The van der Waals surface area contributed by atoms with E-state index in [1.54, 1.807) is 6.20 Å². The molecule has 2 heterocycles. The van der Waals surface area contributed by atoms with Crippen molar-refractivity contribution in [2.75, 3.05) is 5.75 Å². The standard InChI is InChI=1S/C16H19NO3S/c18-15(16-7-3-4-10-21(16,19)20)11-12-8-9-17-14-6-2-1-5-13(12)14/h1-2,5-6,8-9,15-16,18H,3-4,7,10-11H2. The van der Waals surface area contributed by atoms with Gasteiger partial charge in [-0.3, -0.25) is 4.98 Å². The number of aliphatic hydroxyl groups excluding tert-OH is 1. The minimum absolute atomic E-state index is 0.200. The molecule has 21 heavy (non-hydrogen) atoms. The third-order valence-corrected chi connectivity index (χ3v) is 6.56. The van der Waals surface area contributed by atoms with Crippen LogP contribution in [-0.2, 0) is 16.3 Å². The highest BCUT2D eigenvalue weighted by Crippen LogP contribution is 2.26. The average Bonchev–Trinajstić information content (AvgIpc) is 2.47. The van der Waals surface area contributed by atoms with Crippen molar-refractivity contribution in [1.29, 1.82) is 0 Å². The maximum absolute atomic E-state index is 12.1. The molecule has 5 heteroatoms. The molecule has 112 valence electrons. The minimum Gasteiger partial charge on any atom is -0.391 e. The van der Waals surface area contributed by atoms with Crippen LogP contribution in [-0.4, -0.2) is 35.6 Å². The summed E-state index contributed by atoms with van der Waals surface area (Å²) < 4.78 is 24.2. The number of hydrogen-bond acceptors (Lipinski definition) is 4. The molecule has 1 aromatic heterocycles. The summed E-state index contributed by atoms with van der Waals surface area (Å²) in [6.45, 7) is 0. The molecule has 0 saturated carbocycles. The zero-order chi connectivity index (χ0) is 14.9. The van der Waals surface area contributed by atoms with E-state index in [-0.39, 0.29) is 5.75 Å². The number of hydrogen-bond donors (Lipinski definition) is 1. The van der Waals surface area contributed by atoms with Gasteiger partial charge in [-0.2, -0.15) is 0 Å². The molecule has 0 bridgehead atoms. The van der Waals surface area contributed by atoms with Crippen LogP contribution in [0.4, 0.5) is 0 Å². The molecule has 4 nitrogen and oxygen atoms in total. The van der Waals surface area contributed by atoms with E-state index in [2.05, 4.69) is 4.98 Å². The van der Waals surface area contributed by atoms with Crippen molar-refractivity contribution in [3.05, 3.63) is 42.1 Å². The highest BCUT2D eigenvalue weighted by Gasteiger charge is 2.34. The second-order valence-electron chi connectivity index (χ2n) is 5.66. The topological polar surface area (TPSA) is 67.3 Å². The first-order valence-electron chi connectivity index (χ1n) is 7.30. The lowest BCUT2D eigenvalue weighted by Crippen LogP contribution is -2.39. The Morgan fingerprint density at radius 1 is 1.24 bits per heavy atom. The quantitative estimate of drug-likeness (QED) is 0.943. The third kappa shape index (κ3) is 2.94. The first-order valence-corrected chi connectivity index (χ1v) is 9.02. The van der Waals surface area contributed by atoms with Crippen LogP contribution in [0.1, 0.15) is 24.8 Å². The van der Waals surface area contributed by atoms with E-state index in [9.17, 15) is 13.5 Å². The van der Waals surface area contributed by atoms with Crippen LogP contribution >= 0.6 is 0 Å². The van der Waals surface area contributed by atoms with E-state index < -0.39 is 21.2 Å². The average molecular weight is 305 g/mol. The largest absolute Gasteiger partial charge is 0.391 e. The van der Waals surface area contributed by atoms with Gasteiger partial charge in [-0.05, 0) is 30.5 Å². The van der Waals surface area contributed by atoms with Gasteiger partial charge >= 0.3 is 0 Å². The van der Waals surface area contributed by atoms with Gasteiger partial charge in [0.2, 0.25) is 0 Å². The van der Waals surface area contributed by atoms with Crippen LogP contribution in [0.15, 0.2) is 36.5 Å². The molecule has 1 aromatic carbocycles. The van der Waals surface area contributed by atoms with E-state index in [0.29, 0.717) is 19.3 Å². The lowest BCUT2D eigenvalue weighted by molar-refractivity contribution is 0.162. The van der Waals surface area contributed by atoms with E-state index >= 15 is 0 Å². The molecular formula is C16H19NO3S. The minimum atomic E-state index is -3.16. The van der Waals surface area contributed by atoms with Gasteiger partial charge in [-0.25, -0.2) is 8.42 Å². The van der Waals surface area contributed by atoms with Crippen molar-refractivity contribution >= 4 is 20.7 Å². The number of pyridine rings is 1. The highest BCUT2D eigenvalue weighted by atomic mass is 32.2. The number of fused-ring (bicyclic) bond motifs is 1. The van der Waals surface area contributed by atoms with Crippen molar-refractivity contribution in [2.45, 2.75) is 37.0 Å². The molecular weight excluding hydrogens is 286 g/mol. The van der Waals surface area contributed by atoms with Crippen LogP contribution in [0.3, 0.4) is 0 Å². The van der Waals surface area contributed by atoms with E-state index in [0.717, 1.165) is 22.9 Å². The van der Waals surface area contributed by atoms with Crippen molar-refractivity contribution in [1.82, 2.24) is 4.98 Å². The normalized spacial score (nSPS) is 23.0. The van der Waals surface area contributed by atoms with Gasteiger partial charge < -0.3 is 5.11 Å². The third-order valence-electron chi connectivity index (χ3n) is 4.23. The molecule has 0 aliphatic carbocycles. The summed E-state index contributed by atoms with van der Waals surface area (Å²) in [5.74, 6) is 0.200. The Labute approximate surface area is 124 Å². The molecule has 2 aromatic rings. The van der Waals surface area contributed by atoms with Crippen molar-refractivity contribution < 1.29 is 13.5 Å². The molecule has 1 aliphatic rings. The first-order chi connectivity index (χ1) is 10.1. The molecule has 0 radical (unpaired) electrons. The number of rotatable bonds is 3. The Kier molecular flexibility index (Phi) is 3.95.